The van der Waals surface area contributed by atoms with Gasteiger partial charge in [-0.15, -0.1) is 0 Å². The number of amides is 3. The van der Waals surface area contributed by atoms with Gasteiger partial charge in [0.05, 0.1) is 18.2 Å². The van der Waals surface area contributed by atoms with Gasteiger partial charge in [-0.05, 0) is 43.3 Å². The van der Waals surface area contributed by atoms with Gasteiger partial charge < -0.3 is 5.32 Å². The van der Waals surface area contributed by atoms with E-state index in [2.05, 4.69) is 16.7 Å². The number of urea groups is 1. The van der Waals surface area contributed by atoms with Crippen LogP contribution in [0.3, 0.4) is 0 Å². The first-order chi connectivity index (χ1) is 12.5. The van der Waals surface area contributed by atoms with Crippen LogP contribution in [0.4, 0.5) is 10.5 Å². The molecule has 0 bridgehead atoms. The minimum absolute atomic E-state index is 0.0179. The van der Waals surface area contributed by atoms with Crippen molar-refractivity contribution >= 4 is 17.6 Å². The summed E-state index contributed by atoms with van der Waals surface area (Å²) in [6.07, 6.45) is 0. The van der Waals surface area contributed by atoms with Crippen LogP contribution >= 0.6 is 0 Å². The average Bonchev–Trinajstić information content (AvgIpc) is 2.66. The smallest absolute Gasteiger partial charge is 0.308 e. The van der Waals surface area contributed by atoms with Crippen LogP contribution in [0.5, 0.6) is 0 Å². The summed E-state index contributed by atoms with van der Waals surface area (Å²) in [5.41, 5.74) is 2.22. The van der Waals surface area contributed by atoms with E-state index in [0.29, 0.717) is 17.8 Å². The van der Waals surface area contributed by atoms with Crippen molar-refractivity contribution in [2.75, 3.05) is 18.4 Å². The molecule has 1 atom stereocenters. The van der Waals surface area contributed by atoms with Gasteiger partial charge >= 0.3 is 6.03 Å². The largest absolute Gasteiger partial charge is 0.325 e. The molecule has 0 aliphatic heterocycles. The third-order valence-corrected chi connectivity index (χ3v) is 4.11. The van der Waals surface area contributed by atoms with E-state index in [-0.39, 0.29) is 18.5 Å². The molecule has 2 N–H and O–H groups in total. The summed E-state index contributed by atoms with van der Waals surface area (Å²) in [5, 5.41) is 13.8. The monoisotopic (exact) mass is 350 g/mol. The number of anilines is 1. The van der Waals surface area contributed by atoms with E-state index in [1.54, 1.807) is 36.4 Å². The Balaban J connectivity index is 1.92. The van der Waals surface area contributed by atoms with Crippen molar-refractivity contribution in [2.45, 2.75) is 19.9 Å². The molecule has 2 rings (SSSR count). The Labute approximate surface area is 153 Å². The minimum Gasteiger partial charge on any atom is -0.308 e. The SMILES string of the molecule is CCN(CC(=O)NC(=O)Nc1ccccc1)[C@H](C)c1ccc(C#N)cc1. The first-order valence-electron chi connectivity index (χ1n) is 8.43. The number of likely N-dealkylation sites (N-methyl/N-ethyl adjacent to an activating group) is 1. The molecule has 134 valence electrons. The Morgan fingerprint density at radius 1 is 1.12 bits per heavy atom. The highest BCUT2D eigenvalue weighted by Crippen LogP contribution is 2.20. The molecule has 3 amide bonds. The summed E-state index contributed by atoms with van der Waals surface area (Å²) >= 11 is 0. The first-order valence-corrected chi connectivity index (χ1v) is 8.43. The van der Waals surface area contributed by atoms with Gasteiger partial charge in [0.1, 0.15) is 0 Å². The molecular weight excluding hydrogens is 328 g/mol. The van der Waals surface area contributed by atoms with Crippen LogP contribution < -0.4 is 10.6 Å². The van der Waals surface area contributed by atoms with Gasteiger partial charge in [-0.3, -0.25) is 15.0 Å². The minimum atomic E-state index is -0.553. The fourth-order valence-corrected chi connectivity index (χ4v) is 2.60. The molecule has 6 nitrogen and oxygen atoms in total. The lowest BCUT2D eigenvalue weighted by molar-refractivity contribution is -0.121. The van der Waals surface area contributed by atoms with Crippen LogP contribution in [-0.2, 0) is 4.79 Å². The fraction of sp³-hybridized carbons (Fsp3) is 0.250. The van der Waals surface area contributed by atoms with Gasteiger partial charge in [-0.2, -0.15) is 5.26 Å². The van der Waals surface area contributed by atoms with Gasteiger partial charge in [0.25, 0.3) is 0 Å². The normalized spacial score (nSPS) is 11.5. The van der Waals surface area contributed by atoms with E-state index in [0.717, 1.165) is 5.56 Å². The lowest BCUT2D eigenvalue weighted by Crippen LogP contribution is -2.42. The molecule has 0 heterocycles. The number of para-hydroxylation sites is 1. The van der Waals surface area contributed by atoms with E-state index in [9.17, 15) is 9.59 Å². The predicted octanol–water partition coefficient (Wildman–Crippen LogP) is 3.29. The number of rotatable bonds is 6. The molecule has 0 spiro atoms. The molecule has 0 saturated carbocycles. The van der Waals surface area contributed by atoms with Gasteiger partial charge in [0.2, 0.25) is 5.91 Å². The zero-order valence-corrected chi connectivity index (χ0v) is 14.9. The van der Waals surface area contributed by atoms with Crippen LogP contribution in [-0.4, -0.2) is 29.9 Å². The summed E-state index contributed by atoms with van der Waals surface area (Å²) in [6.45, 7) is 4.69. The summed E-state index contributed by atoms with van der Waals surface area (Å²) < 4.78 is 0. The topological polar surface area (TPSA) is 85.2 Å². The number of imide groups is 1. The van der Waals surface area contributed by atoms with Gasteiger partial charge in [-0.25, -0.2) is 4.79 Å². The summed E-state index contributed by atoms with van der Waals surface area (Å²) in [6, 6.07) is 17.7. The standard InChI is InChI=1S/C20H22N4O2/c1-3-24(15(2)17-11-9-16(13-21)10-12-17)14-19(25)23-20(26)22-18-7-5-4-6-8-18/h4-12,15H,3,14H2,1-2H3,(H2,22,23,25,26)/t15-/m1/s1. The molecule has 6 heteroatoms. The lowest BCUT2D eigenvalue weighted by Gasteiger charge is -2.27. The third-order valence-electron chi connectivity index (χ3n) is 4.11. The van der Waals surface area contributed by atoms with Crippen LogP contribution in [0.1, 0.15) is 31.0 Å². The van der Waals surface area contributed by atoms with Gasteiger partial charge in [0.15, 0.2) is 0 Å². The number of benzene rings is 2. The summed E-state index contributed by atoms with van der Waals surface area (Å²) in [7, 11) is 0. The Morgan fingerprint density at radius 2 is 1.77 bits per heavy atom. The fourth-order valence-electron chi connectivity index (χ4n) is 2.60. The van der Waals surface area contributed by atoms with Crippen molar-refractivity contribution in [2.24, 2.45) is 0 Å². The number of carbonyl (C=O) groups is 2. The molecule has 26 heavy (non-hydrogen) atoms. The molecule has 0 aliphatic rings. The predicted molar refractivity (Wildman–Crippen MR) is 100 cm³/mol. The molecule has 0 radical (unpaired) electrons. The molecule has 0 fully saturated rings. The van der Waals surface area contributed by atoms with Gasteiger partial charge in [-0.1, -0.05) is 37.3 Å². The first kappa shape index (κ1) is 19.2. The number of nitrogens with zero attached hydrogens (tertiary/aromatic N) is 2. The number of carbonyl (C=O) groups excluding carboxylic acids is 2. The van der Waals surface area contributed by atoms with Crippen molar-refractivity contribution in [1.82, 2.24) is 10.2 Å². The van der Waals surface area contributed by atoms with Crippen molar-refractivity contribution in [3.63, 3.8) is 0 Å². The highest BCUT2D eigenvalue weighted by atomic mass is 16.2. The van der Waals surface area contributed by atoms with Crippen molar-refractivity contribution in [1.29, 1.82) is 5.26 Å². The van der Waals surface area contributed by atoms with E-state index in [1.165, 1.54) is 0 Å². The Kier molecular flexibility index (Phi) is 6.89. The lowest BCUT2D eigenvalue weighted by atomic mass is 10.1. The number of nitrogens with one attached hydrogen (secondary N) is 2. The number of hydrogen-bond donors (Lipinski definition) is 2. The second-order valence-corrected chi connectivity index (χ2v) is 5.84. The Morgan fingerprint density at radius 3 is 2.35 bits per heavy atom. The maximum absolute atomic E-state index is 12.2. The van der Waals surface area contributed by atoms with E-state index in [4.69, 9.17) is 5.26 Å². The highest BCUT2D eigenvalue weighted by molar-refractivity contribution is 6.01. The molecular formula is C20H22N4O2. The second kappa shape index (κ2) is 9.35. The van der Waals surface area contributed by atoms with Crippen molar-refractivity contribution in [3.05, 3.63) is 65.7 Å². The van der Waals surface area contributed by atoms with Crippen LogP contribution in [0.15, 0.2) is 54.6 Å². The second-order valence-electron chi connectivity index (χ2n) is 5.84. The molecule has 0 aromatic heterocycles. The van der Waals surface area contributed by atoms with E-state index in [1.807, 2.05) is 36.9 Å². The average molecular weight is 350 g/mol. The highest BCUT2D eigenvalue weighted by Gasteiger charge is 2.18. The van der Waals surface area contributed by atoms with Crippen LogP contribution in [0, 0.1) is 11.3 Å². The van der Waals surface area contributed by atoms with Crippen LogP contribution in [0.2, 0.25) is 0 Å². The Hall–Kier alpha value is -3.17. The molecule has 0 aliphatic carbocycles. The molecule has 0 saturated heterocycles. The maximum Gasteiger partial charge on any atom is 0.325 e. The Bertz CT molecular complexity index is 782. The van der Waals surface area contributed by atoms with Crippen molar-refractivity contribution in [3.8, 4) is 6.07 Å². The van der Waals surface area contributed by atoms with Gasteiger partial charge in [0, 0.05) is 11.7 Å². The maximum atomic E-state index is 12.2. The quantitative estimate of drug-likeness (QED) is 0.837. The van der Waals surface area contributed by atoms with E-state index >= 15 is 0 Å². The summed E-state index contributed by atoms with van der Waals surface area (Å²) in [5.74, 6) is -0.374. The zero-order valence-electron chi connectivity index (χ0n) is 14.9. The van der Waals surface area contributed by atoms with Crippen molar-refractivity contribution < 1.29 is 9.59 Å². The third kappa shape index (κ3) is 5.43. The number of hydrogen-bond acceptors (Lipinski definition) is 4. The zero-order chi connectivity index (χ0) is 18.9. The summed E-state index contributed by atoms with van der Waals surface area (Å²) in [4.78, 5) is 26.1. The van der Waals surface area contributed by atoms with E-state index < -0.39 is 6.03 Å². The molecule has 2 aromatic carbocycles. The number of nitriles is 1. The molecule has 2 aromatic rings. The molecule has 0 unspecified atom stereocenters. The van der Waals surface area contributed by atoms with Crippen LogP contribution in [0.25, 0.3) is 0 Å².